The van der Waals surface area contributed by atoms with Gasteiger partial charge in [-0.2, -0.15) is 4.68 Å². The SMILES string of the molecule is CCn1c(Cn2nc(-c3cccs3)oc2=O)nc2cc(F)ccc21. The van der Waals surface area contributed by atoms with E-state index < -0.39 is 5.76 Å². The normalized spacial score (nSPS) is 11.4. The van der Waals surface area contributed by atoms with Gasteiger partial charge in [-0.25, -0.2) is 14.2 Å². The lowest BCUT2D eigenvalue weighted by Gasteiger charge is -2.04. The molecule has 4 aromatic rings. The minimum atomic E-state index is -0.542. The number of aryl methyl sites for hydroxylation is 1. The highest BCUT2D eigenvalue weighted by molar-refractivity contribution is 7.13. The van der Waals surface area contributed by atoms with Crippen molar-refractivity contribution in [3.63, 3.8) is 0 Å². The Kier molecular flexibility index (Phi) is 3.53. The standard InChI is InChI=1S/C16H13FN4O2S/c1-2-20-12-6-5-10(17)8-11(12)18-14(20)9-21-16(22)23-15(19-21)13-4-3-7-24-13/h3-8H,2,9H2,1H3. The molecule has 0 N–H and O–H groups in total. The van der Waals surface area contributed by atoms with Crippen molar-refractivity contribution >= 4 is 22.4 Å². The van der Waals surface area contributed by atoms with Crippen molar-refractivity contribution in [2.45, 2.75) is 20.0 Å². The van der Waals surface area contributed by atoms with Crippen LogP contribution in [0.5, 0.6) is 0 Å². The lowest BCUT2D eigenvalue weighted by Crippen LogP contribution is -2.19. The Morgan fingerprint density at radius 3 is 2.96 bits per heavy atom. The van der Waals surface area contributed by atoms with Gasteiger partial charge in [0, 0.05) is 12.6 Å². The number of rotatable bonds is 4. The molecule has 0 aliphatic carbocycles. The second kappa shape index (κ2) is 5.72. The van der Waals surface area contributed by atoms with Crippen molar-refractivity contribution in [1.82, 2.24) is 19.3 Å². The maximum atomic E-state index is 13.4. The third-order valence-electron chi connectivity index (χ3n) is 3.73. The van der Waals surface area contributed by atoms with E-state index in [4.69, 9.17) is 4.42 Å². The fourth-order valence-corrected chi connectivity index (χ4v) is 3.31. The Balaban J connectivity index is 1.76. The molecule has 24 heavy (non-hydrogen) atoms. The van der Waals surface area contributed by atoms with Crippen molar-refractivity contribution in [3.8, 4) is 10.8 Å². The van der Waals surface area contributed by atoms with Crippen molar-refractivity contribution in [3.05, 3.63) is 57.9 Å². The highest BCUT2D eigenvalue weighted by Gasteiger charge is 2.15. The van der Waals surface area contributed by atoms with Gasteiger partial charge in [0.2, 0.25) is 0 Å². The van der Waals surface area contributed by atoms with Crippen LogP contribution in [0.1, 0.15) is 12.7 Å². The number of hydrogen-bond acceptors (Lipinski definition) is 5. The minimum Gasteiger partial charge on any atom is -0.387 e. The summed E-state index contributed by atoms with van der Waals surface area (Å²) in [5.74, 6) is 0.0408. The van der Waals surface area contributed by atoms with Crippen LogP contribution in [-0.2, 0) is 13.1 Å². The van der Waals surface area contributed by atoms with Crippen molar-refractivity contribution < 1.29 is 8.81 Å². The van der Waals surface area contributed by atoms with Gasteiger partial charge in [0.25, 0.3) is 5.89 Å². The molecule has 3 heterocycles. The van der Waals surface area contributed by atoms with E-state index in [0.29, 0.717) is 23.8 Å². The van der Waals surface area contributed by atoms with Crippen LogP contribution in [-0.4, -0.2) is 19.3 Å². The number of thiophene rings is 1. The molecule has 0 aliphatic rings. The molecule has 0 saturated carbocycles. The van der Waals surface area contributed by atoms with E-state index in [0.717, 1.165) is 10.4 Å². The van der Waals surface area contributed by atoms with E-state index in [9.17, 15) is 9.18 Å². The number of imidazole rings is 1. The van der Waals surface area contributed by atoms with Gasteiger partial charge < -0.3 is 8.98 Å². The first-order chi connectivity index (χ1) is 11.7. The number of halogens is 1. The van der Waals surface area contributed by atoms with E-state index in [1.165, 1.54) is 28.2 Å². The van der Waals surface area contributed by atoms with Crippen LogP contribution in [0.4, 0.5) is 4.39 Å². The summed E-state index contributed by atoms with van der Waals surface area (Å²) in [5, 5.41) is 6.12. The molecule has 0 bridgehead atoms. The average Bonchev–Trinajstić information content (AvgIpc) is 3.26. The zero-order chi connectivity index (χ0) is 16.7. The van der Waals surface area contributed by atoms with Crippen LogP contribution >= 0.6 is 11.3 Å². The van der Waals surface area contributed by atoms with Crippen LogP contribution < -0.4 is 5.76 Å². The van der Waals surface area contributed by atoms with Gasteiger partial charge in [-0.05, 0) is 30.5 Å². The molecule has 4 rings (SSSR count). The predicted octanol–water partition coefficient (Wildman–Crippen LogP) is 3.12. The van der Waals surface area contributed by atoms with Crippen molar-refractivity contribution in [2.75, 3.05) is 0 Å². The van der Waals surface area contributed by atoms with Gasteiger partial charge in [0.05, 0.1) is 15.9 Å². The first kappa shape index (κ1) is 14.8. The molecule has 0 aliphatic heterocycles. The molecule has 122 valence electrons. The third-order valence-corrected chi connectivity index (χ3v) is 4.59. The molecule has 6 nitrogen and oxygen atoms in total. The minimum absolute atomic E-state index is 0.165. The molecule has 0 atom stereocenters. The quantitative estimate of drug-likeness (QED) is 0.570. The maximum Gasteiger partial charge on any atom is 0.437 e. The number of nitrogens with zero attached hydrogens (tertiary/aromatic N) is 4. The monoisotopic (exact) mass is 344 g/mol. The van der Waals surface area contributed by atoms with E-state index in [2.05, 4.69) is 10.1 Å². The van der Waals surface area contributed by atoms with Crippen LogP contribution in [0.25, 0.3) is 21.8 Å². The Labute approximate surface area is 139 Å². The van der Waals surface area contributed by atoms with Gasteiger partial charge in [-0.15, -0.1) is 16.4 Å². The van der Waals surface area contributed by atoms with Gasteiger partial charge in [-0.3, -0.25) is 0 Å². The Bertz CT molecular complexity index is 1060. The Hall–Kier alpha value is -2.74. The number of benzene rings is 1. The van der Waals surface area contributed by atoms with E-state index >= 15 is 0 Å². The summed E-state index contributed by atoms with van der Waals surface area (Å²) >= 11 is 1.45. The number of aromatic nitrogens is 4. The second-order valence-electron chi connectivity index (χ2n) is 5.21. The van der Waals surface area contributed by atoms with Crippen LogP contribution in [0.2, 0.25) is 0 Å². The number of fused-ring (bicyclic) bond motifs is 1. The molecule has 0 radical (unpaired) electrons. The summed E-state index contributed by atoms with van der Waals surface area (Å²) in [6.07, 6.45) is 0. The molecule has 0 amide bonds. The Morgan fingerprint density at radius 2 is 2.21 bits per heavy atom. The highest BCUT2D eigenvalue weighted by atomic mass is 32.1. The molecule has 3 aromatic heterocycles. The molecule has 1 aromatic carbocycles. The van der Waals surface area contributed by atoms with Gasteiger partial charge in [0.1, 0.15) is 18.2 Å². The van der Waals surface area contributed by atoms with Crippen LogP contribution in [0.15, 0.2) is 44.9 Å². The molecule has 0 unspecified atom stereocenters. The fourth-order valence-electron chi connectivity index (χ4n) is 2.67. The summed E-state index contributed by atoms with van der Waals surface area (Å²) in [5.41, 5.74) is 1.38. The summed E-state index contributed by atoms with van der Waals surface area (Å²) in [4.78, 5) is 17.3. The zero-order valence-electron chi connectivity index (χ0n) is 12.8. The van der Waals surface area contributed by atoms with Crippen LogP contribution in [0.3, 0.4) is 0 Å². The first-order valence-corrected chi connectivity index (χ1v) is 8.30. The summed E-state index contributed by atoms with van der Waals surface area (Å²) in [6, 6.07) is 8.17. The molecule has 0 saturated heterocycles. The lowest BCUT2D eigenvalue weighted by molar-refractivity contribution is 0.488. The third kappa shape index (κ3) is 2.44. The fraction of sp³-hybridized carbons (Fsp3) is 0.188. The summed E-state index contributed by atoms with van der Waals surface area (Å²) in [7, 11) is 0. The summed E-state index contributed by atoms with van der Waals surface area (Å²) in [6.45, 7) is 2.79. The Morgan fingerprint density at radius 1 is 1.33 bits per heavy atom. The zero-order valence-corrected chi connectivity index (χ0v) is 13.6. The molecular weight excluding hydrogens is 331 g/mol. The predicted molar refractivity (Wildman–Crippen MR) is 88.5 cm³/mol. The summed E-state index contributed by atoms with van der Waals surface area (Å²) < 4.78 is 21.8. The van der Waals surface area contributed by atoms with Gasteiger partial charge in [-0.1, -0.05) is 6.07 Å². The first-order valence-electron chi connectivity index (χ1n) is 7.42. The lowest BCUT2D eigenvalue weighted by atomic mass is 10.3. The van der Waals surface area contributed by atoms with Crippen LogP contribution in [0, 0.1) is 5.82 Å². The molecule has 0 fully saturated rings. The second-order valence-corrected chi connectivity index (χ2v) is 6.16. The van der Waals surface area contributed by atoms with Gasteiger partial charge in [0.15, 0.2) is 0 Å². The topological polar surface area (TPSA) is 65.8 Å². The van der Waals surface area contributed by atoms with E-state index in [1.807, 2.05) is 29.0 Å². The highest BCUT2D eigenvalue weighted by Crippen LogP contribution is 2.22. The maximum absolute atomic E-state index is 13.4. The molecular formula is C16H13FN4O2S. The molecule has 0 spiro atoms. The van der Waals surface area contributed by atoms with Crippen molar-refractivity contribution in [2.24, 2.45) is 0 Å². The van der Waals surface area contributed by atoms with Crippen molar-refractivity contribution in [1.29, 1.82) is 0 Å². The van der Waals surface area contributed by atoms with Gasteiger partial charge >= 0.3 is 5.76 Å². The smallest absolute Gasteiger partial charge is 0.387 e. The largest absolute Gasteiger partial charge is 0.437 e. The number of hydrogen-bond donors (Lipinski definition) is 0. The van der Waals surface area contributed by atoms with E-state index in [1.54, 1.807) is 6.07 Å². The molecule has 8 heteroatoms. The average molecular weight is 344 g/mol. The van der Waals surface area contributed by atoms with E-state index in [-0.39, 0.29) is 12.4 Å².